The zero-order valence-corrected chi connectivity index (χ0v) is 28.6. The summed E-state index contributed by atoms with van der Waals surface area (Å²) in [6.45, 7) is 0.270. The lowest BCUT2D eigenvalue weighted by molar-refractivity contribution is -0.348. The molecule has 2 aliphatic heterocycles. The number of amides is 1. The largest absolute Gasteiger partial charge is 0.394 e. The van der Waals surface area contributed by atoms with E-state index in [4.69, 9.17) is 18.9 Å². The van der Waals surface area contributed by atoms with Gasteiger partial charge in [-0.1, -0.05) is 37.1 Å². The Hall–Kier alpha value is -2.52. The maximum Gasteiger partial charge on any atom is 0.241 e. The molecule has 2 saturated heterocycles. The van der Waals surface area contributed by atoms with Crippen LogP contribution >= 0.6 is 0 Å². The molecule has 16 nitrogen and oxygen atoms in total. The molecule has 0 saturated carbocycles. The molecule has 276 valence electrons. The van der Waals surface area contributed by atoms with E-state index < -0.39 is 90.5 Å². The number of benzene rings is 2. The third-order valence-electron chi connectivity index (χ3n) is 8.64. The summed E-state index contributed by atoms with van der Waals surface area (Å²) in [6.07, 6.45) is -10.8. The number of fused-ring (bicyclic) bond motifs is 1. The van der Waals surface area contributed by atoms with Gasteiger partial charge in [-0.3, -0.25) is 4.79 Å². The van der Waals surface area contributed by atoms with E-state index in [1.54, 1.807) is 18.2 Å². The van der Waals surface area contributed by atoms with E-state index >= 15 is 0 Å². The number of aliphatic hydroxyl groups is 6. The standard InChI is InChI=1S/C32H49N3O13S/c1-18(38)34-25-27(40)30(48-32-29(42)28(41)26(39)22(16-36)46-32)23(17-37)47-31(25)45-15-7-5-4-6-14-33-49(43,44)24-13-9-10-19-20(24)11-8-12-21(19)35(2)3/h8-13,22-23,25-33,36-37,39-42H,4-7,14-17H2,1-3H3,(H,34,38)/t22-,23-,25-,26+,27-,28+,29-,30-,31-,32+/m1/s1. The van der Waals surface area contributed by atoms with E-state index in [0.29, 0.717) is 31.1 Å². The number of unbranched alkanes of at least 4 members (excludes halogenated alkanes) is 3. The van der Waals surface area contributed by atoms with Crippen LogP contribution in [0.4, 0.5) is 5.69 Å². The van der Waals surface area contributed by atoms with Crippen molar-refractivity contribution >= 4 is 32.4 Å². The Morgan fingerprint density at radius 2 is 1.49 bits per heavy atom. The summed E-state index contributed by atoms with van der Waals surface area (Å²) in [4.78, 5) is 14.1. The second-order valence-electron chi connectivity index (χ2n) is 12.4. The number of hydrogen-bond acceptors (Lipinski definition) is 14. The molecule has 0 aliphatic carbocycles. The summed E-state index contributed by atoms with van der Waals surface area (Å²) in [5.41, 5.74) is 0.918. The number of nitrogens with one attached hydrogen (secondary N) is 2. The first-order chi connectivity index (χ1) is 23.3. The quantitative estimate of drug-likeness (QED) is 0.0927. The Morgan fingerprint density at radius 3 is 2.16 bits per heavy atom. The van der Waals surface area contributed by atoms with Crippen LogP contribution < -0.4 is 14.9 Å². The molecule has 2 aromatic carbocycles. The maximum atomic E-state index is 13.1. The van der Waals surface area contributed by atoms with Crippen LogP contribution in [0.3, 0.4) is 0 Å². The molecule has 0 unspecified atom stereocenters. The number of sulfonamides is 1. The van der Waals surface area contributed by atoms with Crippen molar-refractivity contribution in [3.63, 3.8) is 0 Å². The van der Waals surface area contributed by atoms with Gasteiger partial charge < -0.3 is 59.8 Å². The number of carbonyl (C=O) groups excluding carboxylic acids is 1. The highest BCUT2D eigenvalue weighted by molar-refractivity contribution is 7.89. The maximum absolute atomic E-state index is 13.1. The highest BCUT2D eigenvalue weighted by Gasteiger charge is 2.51. The van der Waals surface area contributed by atoms with Crippen LogP contribution in [0.5, 0.6) is 0 Å². The van der Waals surface area contributed by atoms with E-state index in [2.05, 4.69) is 10.0 Å². The average molecular weight is 716 g/mol. The second-order valence-corrected chi connectivity index (χ2v) is 14.2. The predicted molar refractivity (Wildman–Crippen MR) is 176 cm³/mol. The fraction of sp³-hybridized carbons (Fsp3) is 0.656. The summed E-state index contributed by atoms with van der Waals surface area (Å²) in [5.74, 6) is -0.514. The van der Waals surface area contributed by atoms with Crippen molar-refractivity contribution in [2.45, 2.75) is 98.9 Å². The average Bonchev–Trinajstić information content (AvgIpc) is 3.07. The molecule has 2 fully saturated rings. The van der Waals surface area contributed by atoms with Gasteiger partial charge in [0.25, 0.3) is 0 Å². The third-order valence-corrected chi connectivity index (χ3v) is 10.2. The van der Waals surface area contributed by atoms with Crippen molar-refractivity contribution in [2.24, 2.45) is 0 Å². The molecule has 2 aliphatic rings. The SMILES string of the molecule is CC(=O)N[C@H]1[C@H](OCCCCCCNS(=O)(=O)c2cccc3c(N(C)C)cccc23)O[C@H](CO)[C@@H](O[C@@H]2O[C@H](CO)[C@H](O)[C@H](O)[C@H]2O)[C@@H]1O. The first kappa shape index (κ1) is 39.3. The molecule has 10 atom stereocenters. The minimum atomic E-state index is -3.75. The van der Waals surface area contributed by atoms with Gasteiger partial charge in [-0.25, -0.2) is 13.1 Å². The Bertz CT molecular complexity index is 1480. The van der Waals surface area contributed by atoms with E-state index in [1.807, 2.05) is 37.2 Å². The Balaban J connectivity index is 1.26. The summed E-state index contributed by atoms with van der Waals surface area (Å²) in [6, 6.07) is 9.60. The van der Waals surface area contributed by atoms with Gasteiger partial charge in [-0.15, -0.1) is 0 Å². The molecule has 8 N–H and O–H groups in total. The summed E-state index contributed by atoms with van der Waals surface area (Å²) in [7, 11) is 0.0526. The van der Waals surface area contributed by atoms with E-state index in [-0.39, 0.29) is 18.0 Å². The number of rotatable bonds is 16. The molecule has 0 radical (unpaired) electrons. The molecular weight excluding hydrogens is 666 g/mol. The van der Waals surface area contributed by atoms with Crippen LogP contribution in [0.25, 0.3) is 10.8 Å². The van der Waals surface area contributed by atoms with Crippen LogP contribution in [-0.2, 0) is 33.8 Å². The predicted octanol–water partition coefficient (Wildman–Crippen LogP) is -1.47. The fourth-order valence-corrected chi connectivity index (χ4v) is 7.35. The van der Waals surface area contributed by atoms with Crippen LogP contribution in [0.15, 0.2) is 41.3 Å². The molecule has 2 heterocycles. The van der Waals surface area contributed by atoms with Gasteiger partial charge >= 0.3 is 0 Å². The minimum Gasteiger partial charge on any atom is -0.394 e. The number of anilines is 1. The van der Waals surface area contributed by atoms with Gasteiger partial charge in [-0.05, 0) is 25.0 Å². The first-order valence-corrected chi connectivity index (χ1v) is 17.8. The summed E-state index contributed by atoms with van der Waals surface area (Å²) < 4.78 is 51.7. The monoisotopic (exact) mass is 715 g/mol. The lowest BCUT2D eigenvalue weighted by Gasteiger charge is -2.47. The zero-order valence-electron chi connectivity index (χ0n) is 27.8. The number of ether oxygens (including phenoxy) is 4. The Kier molecular flexibility index (Phi) is 14.1. The van der Waals surface area contributed by atoms with E-state index in [0.717, 1.165) is 11.1 Å². The molecule has 2 aromatic rings. The van der Waals surface area contributed by atoms with Crippen molar-refractivity contribution in [3.8, 4) is 0 Å². The second kappa shape index (κ2) is 17.6. The van der Waals surface area contributed by atoms with E-state index in [9.17, 15) is 43.9 Å². The van der Waals surface area contributed by atoms with Crippen LogP contribution in [0.2, 0.25) is 0 Å². The van der Waals surface area contributed by atoms with Crippen molar-refractivity contribution in [1.82, 2.24) is 10.0 Å². The van der Waals surface area contributed by atoms with Gasteiger partial charge in [0, 0.05) is 50.6 Å². The summed E-state index contributed by atoms with van der Waals surface area (Å²) in [5, 5.41) is 65.2. The Labute approximate surface area is 285 Å². The minimum absolute atomic E-state index is 0.153. The first-order valence-electron chi connectivity index (χ1n) is 16.3. The molecule has 0 bridgehead atoms. The van der Waals surface area contributed by atoms with Gasteiger partial charge in [0.05, 0.1) is 18.1 Å². The van der Waals surface area contributed by atoms with Crippen LogP contribution in [-0.4, -0.2) is 147 Å². The number of carbonyl (C=O) groups is 1. The van der Waals surface area contributed by atoms with Crippen LogP contribution in [0.1, 0.15) is 32.6 Å². The lowest BCUT2D eigenvalue weighted by Crippen LogP contribution is -2.67. The van der Waals surface area contributed by atoms with E-state index in [1.165, 1.54) is 6.92 Å². The van der Waals surface area contributed by atoms with Gasteiger partial charge in [0.1, 0.15) is 48.8 Å². The normalized spacial score (nSPS) is 30.7. The fourth-order valence-electron chi connectivity index (χ4n) is 6.05. The summed E-state index contributed by atoms with van der Waals surface area (Å²) >= 11 is 0. The van der Waals surface area contributed by atoms with Gasteiger partial charge in [-0.2, -0.15) is 0 Å². The van der Waals surface area contributed by atoms with Crippen molar-refractivity contribution in [3.05, 3.63) is 36.4 Å². The smallest absolute Gasteiger partial charge is 0.241 e. The number of nitrogens with zero attached hydrogens (tertiary/aromatic N) is 1. The molecule has 49 heavy (non-hydrogen) atoms. The molecule has 0 spiro atoms. The highest BCUT2D eigenvalue weighted by atomic mass is 32.2. The third kappa shape index (κ3) is 9.43. The van der Waals surface area contributed by atoms with Crippen molar-refractivity contribution in [2.75, 3.05) is 45.4 Å². The topological polar surface area (TPSA) is 237 Å². The molecular formula is C32H49N3O13S. The molecule has 17 heteroatoms. The molecule has 1 amide bonds. The lowest BCUT2D eigenvalue weighted by atomic mass is 9.95. The van der Waals surface area contributed by atoms with Crippen molar-refractivity contribution in [1.29, 1.82) is 0 Å². The Morgan fingerprint density at radius 1 is 0.837 bits per heavy atom. The van der Waals surface area contributed by atoms with Gasteiger partial charge in [0.2, 0.25) is 15.9 Å². The number of hydrogen-bond donors (Lipinski definition) is 8. The molecule has 0 aromatic heterocycles. The zero-order chi connectivity index (χ0) is 35.9. The van der Waals surface area contributed by atoms with Gasteiger partial charge in [0.15, 0.2) is 12.6 Å². The highest BCUT2D eigenvalue weighted by Crippen LogP contribution is 2.31. The van der Waals surface area contributed by atoms with Crippen LogP contribution in [0, 0.1) is 0 Å². The molecule has 4 rings (SSSR count). The number of aliphatic hydroxyl groups excluding tert-OH is 6. The van der Waals surface area contributed by atoms with Crippen molar-refractivity contribution < 1.29 is 62.8 Å².